The van der Waals surface area contributed by atoms with Crippen molar-refractivity contribution in [3.8, 4) is 5.69 Å². The van der Waals surface area contributed by atoms with Crippen LogP contribution in [0, 0.1) is 13.8 Å². The molecule has 0 unspecified atom stereocenters. The van der Waals surface area contributed by atoms with E-state index in [0.717, 1.165) is 16.5 Å². The van der Waals surface area contributed by atoms with Crippen LogP contribution in [0.25, 0.3) is 5.69 Å². The molecule has 1 aromatic heterocycles. The molecule has 0 atom stereocenters. The molecule has 4 heteroatoms. The summed E-state index contributed by atoms with van der Waals surface area (Å²) >= 11 is 1.70. The number of rotatable bonds is 3. The summed E-state index contributed by atoms with van der Waals surface area (Å²) in [5, 5.41) is 5.49. The van der Waals surface area contributed by atoms with Crippen molar-refractivity contribution in [2.75, 3.05) is 11.5 Å². The van der Waals surface area contributed by atoms with Crippen molar-refractivity contribution >= 4 is 17.6 Å². The Hall–Kier alpha value is -1.42. The topological polar surface area (TPSA) is 43.8 Å². The van der Waals surface area contributed by atoms with Gasteiger partial charge in [0.15, 0.2) is 0 Å². The molecule has 1 aromatic carbocycles. The van der Waals surface area contributed by atoms with E-state index in [-0.39, 0.29) is 0 Å². The highest BCUT2D eigenvalue weighted by Crippen LogP contribution is 2.23. The Morgan fingerprint density at radius 2 is 2.06 bits per heavy atom. The van der Waals surface area contributed by atoms with E-state index in [1.807, 2.05) is 10.7 Å². The van der Waals surface area contributed by atoms with E-state index in [0.29, 0.717) is 5.82 Å². The summed E-state index contributed by atoms with van der Waals surface area (Å²) in [6.45, 7) is 6.27. The molecule has 0 amide bonds. The van der Waals surface area contributed by atoms with Crippen LogP contribution in [0.2, 0.25) is 0 Å². The standard InChI is InChI=1S/C13H17N3S/c1-4-17-13-8-12(14)16(15-13)11-6-5-9(2)7-10(11)3/h5-8H,4,14H2,1-3H3. The summed E-state index contributed by atoms with van der Waals surface area (Å²) in [6.07, 6.45) is 0. The number of nitrogen functional groups attached to an aromatic ring is 1. The van der Waals surface area contributed by atoms with Gasteiger partial charge in [0.1, 0.15) is 10.8 Å². The van der Waals surface area contributed by atoms with Crippen LogP contribution in [-0.2, 0) is 0 Å². The van der Waals surface area contributed by atoms with E-state index in [1.54, 1.807) is 11.8 Å². The molecule has 17 heavy (non-hydrogen) atoms. The lowest BCUT2D eigenvalue weighted by atomic mass is 10.1. The first-order chi connectivity index (χ1) is 8.11. The fourth-order valence-corrected chi connectivity index (χ4v) is 2.47. The minimum Gasteiger partial charge on any atom is -0.384 e. The van der Waals surface area contributed by atoms with Crippen molar-refractivity contribution in [2.45, 2.75) is 25.8 Å². The molecule has 0 aliphatic rings. The van der Waals surface area contributed by atoms with Crippen LogP contribution in [0.15, 0.2) is 29.3 Å². The molecule has 0 fully saturated rings. The van der Waals surface area contributed by atoms with E-state index in [4.69, 9.17) is 5.73 Å². The van der Waals surface area contributed by atoms with Gasteiger partial charge < -0.3 is 5.73 Å². The third-order valence-corrected chi connectivity index (χ3v) is 3.37. The SMILES string of the molecule is CCSc1cc(N)n(-c2ccc(C)cc2C)n1. The summed E-state index contributed by atoms with van der Waals surface area (Å²) in [5.41, 5.74) is 9.49. The molecule has 0 bridgehead atoms. The van der Waals surface area contributed by atoms with Crippen LogP contribution < -0.4 is 5.73 Å². The average Bonchev–Trinajstić information content (AvgIpc) is 2.60. The van der Waals surface area contributed by atoms with Crippen molar-refractivity contribution in [1.29, 1.82) is 0 Å². The fourth-order valence-electron chi connectivity index (χ4n) is 1.83. The minimum atomic E-state index is 0.688. The van der Waals surface area contributed by atoms with Crippen LogP contribution in [0.3, 0.4) is 0 Å². The maximum atomic E-state index is 6.00. The molecule has 1 heterocycles. The summed E-state index contributed by atoms with van der Waals surface area (Å²) in [4.78, 5) is 0. The maximum absolute atomic E-state index is 6.00. The largest absolute Gasteiger partial charge is 0.384 e. The van der Waals surface area contributed by atoms with Crippen molar-refractivity contribution in [1.82, 2.24) is 9.78 Å². The zero-order valence-corrected chi connectivity index (χ0v) is 11.2. The zero-order valence-electron chi connectivity index (χ0n) is 10.4. The average molecular weight is 247 g/mol. The molecule has 0 saturated heterocycles. The molecule has 0 aliphatic carbocycles. The Morgan fingerprint density at radius 3 is 2.71 bits per heavy atom. The van der Waals surface area contributed by atoms with Gasteiger partial charge in [-0.2, -0.15) is 5.10 Å². The first-order valence-electron chi connectivity index (χ1n) is 5.67. The number of nitrogens with zero attached hydrogens (tertiary/aromatic N) is 2. The summed E-state index contributed by atoms with van der Waals surface area (Å²) in [7, 11) is 0. The molecule has 0 spiro atoms. The van der Waals surface area contributed by atoms with E-state index in [9.17, 15) is 0 Å². The summed E-state index contributed by atoms with van der Waals surface area (Å²) < 4.78 is 1.81. The number of anilines is 1. The molecule has 0 radical (unpaired) electrons. The van der Waals surface area contributed by atoms with Gasteiger partial charge in [-0.1, -0.05) is 24.6 Å². The number of thioether (sulfide) groups is 1. The number of hydrogen-bond acceptors (Lipinski definition) is 3. The van der Waals surface area contributed by atoms with Crippen molar-refractivity contribution in [3.63, 3.8) is 0 Å². The van der Waals surface area contributed by atoms with E-state index >= 15 is 0 Å². The van der Waals surface area contributed by atoms with Gasteiger partial charge in [-0.15, -0.1) is 11.8 Å². The predicted molar refractivity (Wildman–Crippen MR) is 73.8 cm³/mol. The number of nitrogens with two attached hydrogens (primary N) is 1. The Labute approximate surface area is 106 Å². The predicted octanol–water partition coefficient (Wildman–Crippen LogP) is 3.18. The van der Waals surface area contributed by atoms with Crippen molar-refractivity contribution < 1.29 is 0 Å². The smallest absolute Gasteiger partial charge is 0.128 e. The highest BCUT2D eigenvalue weighted by molar-refractivity contribution is 7.99. The van der Waals surface area contributed by atoms with Crippen LogP contribution in [0.1, 0.15) is 18.1 Å². The van der Waals surface area contributed by atoms with E-state index < -0.39 is 0 Å². The van der Waals surface area contributed by atoms with E-state index in [1.165, 1.54) is 11.1 Å². The molecular weight excluding hydrogens is 230 g/mol. The first kappa shape index (κ1) is 12.0. The lowest BCUT2D eigenvalue weighted by Gasteiger charge is -2.08. The lowest BCUT2D eigenvalue weighted by molar-refractivity contribution is 0.839. The number of aromatic nitrogens is 2. The molecule has 2 rings (SSSR count). The number of hydrogen-bond donors (Lipinski definition) is 1. The second kappa shape index (κ2) is 4.84. The zero-order chi connectivity index (χ0) is 12.4. The quantitative estimate of drug-likeness (QED) is 0.847. The van der Waals surface area contributed by atoms with Gasteiger partial charge in [0.25, 0.3) is 0 Å². The van der Waals surface area contributed by atoms with Crippen LogP contribution in [0.5, 0.6) is 0 Å². The van der Waals surface area contributed by atoms with Gasteiger partial charge in [0.2, 0.25) is 0 Å². The third kappa shape index (κ3) is 2.47. The Balaban J connectivity index is 2.45. The Morgan fingerprint density at radius 1 is 1.29 bits per heavy atom. The molecule has 2 aromatic rings. The molecule has 2 N–H and O–H groups in total. The van der Waals surface area contributed by atoms with Gasteiger partial charge >= 0.3 is 0 Å². The fraction of sp³-hybridized carbons (Fsp3) is 0.308. The molecule has 90 valence electrons. The van der Waals surface area contributed by atoms with Crippen LogP contribution in [0.4, 0.5) is 5.82 Å². The van der Waals surface area contributed by atoms with Crippen LogP contribution >= 0.6 is 11.8 Å². The van der Waals surface area contributed by atoms with Gasteiger partial charge in [-0.3, -0.25) is 0 Å². The first-order valence-corrected chi connectivity index (χ1v) is 6.66. The monoisotopic (exact) mass is 247 g/mol. The molecule has 0 aliphatic heterocycles. The number of aryl methyl sites for hydroxylation is 2. The van der Waals surface area contributed by atoms with Gasteiger partial charge in [0, 0.05) is 6.07 Å². The van der Waals surface area contributed by atoms with Crippen LogP contribution in [-0.4, -0.2) is 15.5 Å². The Bertz CT molecular complexity index is 531. The highest BCUT2D eigenvalue weighted by atomic mass is 32.2. The second-order valence-electron chi connectivity index (χ2n) is 4.04. The maximum Gasteiger partial charge on any atom is 0.128 e. The molecular formula is C13H17N3S. The summed E-state index contributed by atoms with van der Waals surface area (Å²) in [5.74, 6) is 1.69. The van der Waals surface area contributed by atoms with E-state index in [2.05, 4.69) is 44.1 Å². The molecule has 0 saturated carbocycles. The third-order valence-electron chi connectivity index (χ3n) is 2.59. The number of benzene rings is 1. The Kier molecular flexibility index (Phi) is 3.43. The highest BCUT2D eigenvalue weighted by Gasteiger charge is 2.08. The van der Waals surface area contributed by atoms with Gasteiger partial charge in [-0.05, 0) is 31.2 Å². The normalized spacial score (nSPS) is 10.8. The summed E-state index contributed by atoms with van der Waals surface area (Å²) in [6, 6.07) is 8.21. The molecule has 3 nitrogen and oxygen atoms in total. The van der Waals surface area contributed by atoms with Crippen molar-refractivity contribution in [2.24, 2.45) is 0 Å². The second-order valence-corrected chi connectivity index (χ2v) is 5.33. The van der Waals surface area contributed by atoms with Gasteiger partial charge in [0.05, 0.1) is 5.69 Å². The van der Waals surface area contributed by atoms with Gasteiger partial charge in [-0.25, -0.2) is 4.68 Å². The van der Waals surface area contributed by atoms with Crippen molar-refractivity contribution in [3.05, 3.63) is 35.4 Å². The lowest BCUT2D eigenvalue weighted by Crippen LogP contribution is -2.03. The minimum absolute atomic E-state index is 0.688.